The van der Waals surface area contributed by atoms with Gasteiger partial charge in [-0.15, -0.1) is 0 Å². The summed E-state index contributed by atoms with van der Waals surface area (Å²) in [4.78, 5) is 12.4. The van der Waals surface area contributed by atoms with Crippen molar-refractivity contribution in [2.45, 2.75) is 270 Å². The number of aliphatic hydroxyl groups is 3. The molecule has 5 nitrogen and oxygen atoms in total. The van der Waals surface area contributed by atoms with Crippen LogP contribution in [0, 0.1) is 0 Å². The van der Waals surface area contributed by atoms with Crippen molar-refractivity contribution in [3.05, 3.63) is 60.8 Å². The van der Waals surface area contributed by atoms with Gasteiger partial charge in [-0.3, -0.25) is 4.79 Å². The Morgan fingerprint density at radius 2 is 0.814 bits per heavy atom. The van der Waals surface area contributed by atoms with E-state index in [-0.39, 0.29) is 18.9 Å². The molecule has 0 aromatic heterocycles. The fourth-order valence-electron chi connectivity index (χ4n) is 7.59. The van der Waals surface area contributed by atoms with Gasteiger partial charge in [0.15, 0.2) is 0 Å². The van der Waals surface area contributed by atoms with Crippen LogP contribution in [0.5, 0.6) is 0 Å². The van der Waals surface area contributed by atoms with E-state index in [1.165, 1.54) is 173 Å². The topological polar surface area (TPSA) is 89.8 Å². The van der Waals surface area contributed by atoms with E-state index in [9.17, 15) is 20.1 Å². The molecule has 0 heterocycles. The molecule has 1 amide bonds. The van der Waals surface area contributed by atoms with Gasteiger partial charge in [-0.05, 0) is 70.6 Å². The van der Waals surface area contributed by atoms with Crippen LogP contribution in [0.15, 0.2) is 60.8 Å². The van der Waals surface area contributed by atoms with Crippen molar-refractivity contribution < 1.29 is 20.1 Å². The number of rotatable bonds is 46. The van der Waals surface area contributed by atoms with Gasteiger partial charge in [0.05, 0.1) is 31.3 Å². The zero-order valence-corrected chi connectivity index (χ0v) is 39.1. The lowest BCUT2D eigenvalue weighted by Crippen LogP contribution is -2.45. The predicted molar refractivity (Wildman–Crippen MR) is 259 cm³/mol. The second-order valence-corrected chi connectivity index (χ2v) is 17.4. The van der Waals surface area contributed by atoms with Crippen molar-refractivity contribution in [2.24, 2.45) is 0 Å². The van der Waals surface area contributed by atoms with Crippen LogP contribution >= 0.6 is 0 Å². The quantitative estimate of drug-likeness (QED) is 0.0363. The molecule has 59 heavy (non-hydrogen) atoms. The minimum absolute atomic E-state index is 0.000757. The van der Waals surface area contributed by atoms with Crippen molar-refractivity contribution >= 4 is 5.91 Å². The number of allylic oxidation sites excluding steroid dienone is 9. The molecule has 0 fully saturated rings. The molecule has 0 aliphatic rings. The van der Waals surface area contributed by atoms with E-state index in [4.69, 9.17) is 0 Å². The molecule has 0 saturated heterocycles. The maximum Gasteiger partial charge on any atom is 0.222 e. The van der Waals surface area contributed by atoms with Crippen molar-refractivity contribution in [3.8, 4) is 0 Å². The number of nitrogens with one attached hydrogen (secondary N) is 1. The summed E-state index contributed by atoms with van der Waals surface area (Å²) in [5.41, 5.74) is 0. The highest BCUT2D eigenvalue weighted by molar-refractivity contribution is 5.76. The number of carbonyl (C=O) groups excluding carboxylic acids is 1. The maximum atomic E-state index is 12.4. The van der Waals surface area contributed by atoms with Crippen LogP contribution in [0.25, 0.3) is 0 Å². The van der Waals surface area contributed by atoms with Gasteiger partial charge in [0, 0.05) is 0 Å². The summed E-state index contributed by atoms with van der Waals surface area (Å²) in [6.07, 6.45) is 65.6. The average molecular weight is 826 g/mol. The lowest BCUT2D eigenvalue weighted by Gasteiger charge is -2.21. The van der Waals surface area contributed by atoms with Crippen LogP contribution < -0.4 is 5.32 Å². The number of unbranched alkanes of at least 4 members (excludes halogenated alkanes) is 29. The second-order valence-electron chi connectivity index (χ2n) is 17.4. The van der Waals surface area contributed by atoms with Crippen LogP contribution in [0.1, 0.15) is 251 Å². The van der Waals surface area contributed by atoms with Crippen molar-refractivity contribution in [2.75, 3.05) is 6.61 Å². The molecule has 0 aliphatic heterocycles. The molecule has 0 aliphatic carbocycles. The Balaban J connectivity index is 3.53. The standard InChI is InChI=1S/C54H99NO4/c1-3-5-7-9-11-13-15-16-17-18-19-20-21-22-23-24-25-26-27-28-29-30-31-32-33-34-35-36-38-39-41-43-45-47-51(57)49-54(59)55-52(50-56)53(58)48-46-44-42-40-37-14-12-10-8-6-4-2/h8,10,21-22,24-25,37,40,46,48,51-53,56-58H,3-7,9,11-20,23,26-36,38-39,41-45,47,49-50H2,1-2H3,(H,55,59)/b10-8+,22-21-,25-24-,40-37+,48-46+. The molecule has 344 valence electrons. The smallest absolute Gasteiger partial charge is 0.222 e. The fourth-order valence-corrected chi connectivity index (χ4v) is 7.59. The Labute approximate surface area is 367 Å². The summed E-state index contributed by atoms with van der Waals surface area (Å²) < 4.78 is 0. The summed E-state index contributed by atoms with van der Waals surface area (Å²) in [7, 11) is 0. The summed E-state index contributed by atoms with van der Waals surface area (Å²) in [6, 6.07) is -0.768. The highest BCUT2D eigenvalue weighted by Gasteiger charge is 2.20. The van der Waals surface area contributed by atoms with E-state index in [1.807, 2.05) is 6.08 Å². The van der Waals surface area contributed by atoms with Crippen LogP contribution in [-0.4, -0.2) is 46.1 Å². The highest BCUT2D eigenvalue weighted by Crippen LogP contribution is 2.16. The third-order valence-electron chi connectivity index (χ3n) is 11.5. The van der Waals surface area contributed by atoms with E-state index in [0.29, 0.717) is 6.42 Å². The first kappa shape index (κ1) is 57.1. The number of hydrogen-bond acceptors (Lipinski definition) is 4. The van der Waals surface area contributed by atoms with Crippen molar-refractivity contribution in [3.63, 3.8) is 0 Å². The van der Waals surface area contributed by atoms with Gasteiger partial charge in [-0.2, -0.15) is 0 Å². The van der Waals surface area contributed by atoms with Crippen LogP contribution in [0.2, 0.25) is 0 Å². The molecule has 0 spiro atoms. The molecule has 3 atom stereocenters. The van der Waals surface area contributed by atoms with Crippen molar-refractivity contribution in [1.29, 1.82) is 0 Å². The largest absolute Gasteiger partial charge is 0.394 e. The van der Waals surface area contributed by atoms with E-state index >= 15 is 0 Å². The summed E-state index contributed by atoms with van der Waals surface area (Å²) in [5, 5.41) is 33.2. The first-order chi connectivity index (χ1) is 29.0. The predicted octanol–water partition coefficient (Wildman–Crippen LogP) is 15.4. The maximum absolute atomic E-state index is 12.4. The number of aliphatic hydroxyl groups excluding tert-OH is 3. The molecule has 4 N–H and O–H groups in total. The van der Waals surface area contributed by atoms with Crippen LogP contribution in [0.3, 0.4) is 0 Å². The Morgan fingerprint density at radius 3 is 1.24 bits per heavy atom. The molecule has 0 aromatic carbocycles. The third kappa shape index (κ3) is 45.4. The first-order valence-corrected chi connectivity index (χ1v) is 25.6. The minimum Gasteiger partial charge on any atom is -0.394 e. The summed E-state index contributed by atoms with van der Waals surface area (Å²) >= 11 is 0. The zero-order chi connectivity index (χ0) is 43.0. The lowest BCUT2D eigenvalue weighted by atomic mass is 10.0. The molecular formula is C54H99NO4. The molecule has 5 heteroatoms. The monoisotopic (exact) mass is 826 g/mol. The van der Waals surface area contributed by atoms with Crippen molar-refractivity contribution in [1.82, 2.24) is 5.32 Å². The number of amides is 1. The van der Waals surface area contributed by atoms with Gasteiger partial charge in [0.2, 0.25) is 5.91 Å². The third-order valence-corrected chi connectivity index (χ3v) is 11.5. The van der Waals surface area contributed by atoms with E-state index in [1.54, 1.807) is 6.08 Å². The summed E-state index contributed by atoms with van der Waals surface area (Å²) in [6.45, 7) is 4.12. The van der Waals surface area contributed by atoms with Gasteiger partial charge in [0.1, 0.15) is 0 Å². The SMILES string of the molecule is CCC/C=C/CC/C=C/CC/C=C/C(O)C(CO)NC(=O)CC(O)CCCCCCCCCCCCCCCCC/C=C\C/C=C\CCCCCCCCCCCCC. The fraction of sp³-hybridized carbons (Fsp3) is 0.796. The average Bonchev–Trinajstić information content (AvgIpc) is 3.23. The molecule has 0 radical (unpaired) electrons. The Kier molecular flexibility index (Phi) is 47.1. The molecule has 0 saturated carbocycles. The normalized spacial score (nSPS) is 13.9. The minimum atomic E-state index is -0.960. The number of carbonyl (C=O) groups is 1. The molecule has 0 rings (SSSR count). The Morgan fingerprint density at radius 1 is 0.441 bits per heavy atom. The highest BCUT2D eigenvalue weighted by atomic mass is 16.3. The van der Waals surface area contributed by atoms with E-state index in [0.717, 1.165) is 51.4 Å². The van der Waals surface area contributed by atoms with Gasteiger partial charge in [-0.1, -0.05) is 235 Å². The lowest BCUT2D eigenvalue weighted by molar-refractivity contribution is -0.124. The van der Waals surface area contributed by atoms with Gasteiger partial charge < -0.3 is 20.6 Å². The van der Waals surface area contributed by atoms with Gasteiger partial charge in [-0.25, -0.2) is 0 Å². The zero-order valence-electron chi connectivity index (χ0n) is 39.1. The Bertz CT molecular complexity index is 1000. The first-order valence-electron chi connectivity index (χ1n) is 25.6. The molecule has 0 bridgehead atoms. The molecule has 0 aromatic rings. The van der Waals surface area contributed by atoms with E-state index < -0.39 is 18.2 Å². The van der Waals surface area contributed by atoms with E-state index in [2.05, 4.69) is 67.8 Å². The van der Waals surface area contributed by atoms with Crippen LogP contribution in [-0.2, 0) is 4.79 Å². The summed E-state index contributed by atoms with van der Waals surface area (Å²) in [5.74, 6) is -0.332. The molecular weight excluding hydrogens is 727 g/mol. The Hall–Kier alpha value is -1.95. The number of hydrogen-bond donors (Lipinski definition) is 4. The van der Waals surface area contributed by atoms with Gasteiger partial charge >= 0.3 is 0 Å². The van der Waals surface area contributed by atoms with Crippen LogP contribution in [0.4, 0.5) is 0 Å². The second kappa shape index (κ2) is 48.7. The molecule has 3 unspecified atom stereocenters. The van der Waals surface area contributed by atoms with Gasteiger partial charge in [0.25, 0.3) is 0 Å².